The fourth-order valence-electron chi connectivity index (χ4n) is 2.42. The lowest BCUT2D eigenvalue weighted by molar-refractivity contribution is -0.145. The predicted molar refractivity (Wildman–Crippen MR) is 92.5 cm³/mol. The molecule has 0 aliphatic rings. The molecule has 1 heterocycles. The number of hydrogen-bond donors (Lipinski definition) is 0. The van der Waals surface area contributed by atoms with Crippen LogP contribution in [0, 0.1) is 0 Å². The number of benzene rings is 2. The lowest BCUT2D eigenvalue weighted by Crippen LogP contribution is -2.09. The molecule has 0 bridgehead atoms. The lowest BCUT2D eigenvalue weighted by Gasteiger charge is -2.08. The van der Waals surface area contributed by atoms with E-state index in [1.54, 1.807) is 7.11 Å². The van der Waals surface area contributed by atoms with Gasteiger partial charge < -0.3 is 9.47 Å². The van der Waals surface area contributed by atoms with Crippen LogP contribution in [0.5, 0.6) is 11.5 Å². The van der Waals surface area contributed by atoms with E-state index in [0.29, 0.717) is 19.6 Å². The Morgan fingerprint density at radius 3 is 2.15 bits per heavy atom. The second-order valence-corrected chi connectivity index (χ2v) is 5.86. The van der Waals surface area contributed by atoms with Crippen molar-refractivity contribution in [2.24, 2.45) is 0 Å². The number of rotatable bonds is 7. The third-order valence-corrected chi connectivity index (χ3v) is 3.91. The van der Waals surface area contributed by atoms with Gasteiger partial charge in [0.1, 0.15) is 24.4 Å². The van der Waals surface area contributed by atoms with Crippen molar-refractivity contribution in [3.63, 3.8) is 0 Å². The summed E-state index contributed by atoms with van der Waals surface area (Å²) in [6, 6.07) is 15.0. The minimum absolute atomic E-state index is 0.315. The number of aryl methyl sites for hydroxylation is 2. The van der Waals surface area contributed by atoms with Crippen LogP contribution in [-0.2, 0) is 25.7 Å². The van der Waals surface area contributed by atoms with Gasteiger partial charge in [-0.15, -0.1) is 5.10 Å². The van der Waals surface area contributed by atoms with Crippen molar-refractivity contribution in [3.8, 4) is 11.5 Å². The predicted octanol–water partition coefficient (Wildman–Crippen LogP) is 4.13. The fraction of sp³-hybridized carbons (Fsp3) is 0.263. The van der Waals surface area contributed by atoms with E-state index in [2.05, 4.69) is 10.1 Å². The van der Waals surface area contributed by atoms with Crippen molar-refractivity contribution < 1.29 is 22.6 Å². The van der Waals surface area contributed by atoms with Gasteiger partial charge in [-0.25, -0.2) is 4.98 Å². The van der Waals surface area contributed by atoms with Crippen molar-refractivity contribution in [3.05, 3.63) is 71.8 Å². The molecule has 0 unspecified atom stereocenters. The third-order valence-electron chi connectivity index (χ3n) is 3.91. The zero-order valence-corrected chi connectivity index (χ0v) is 14.6. The summed E-state index contributed by atoms with van der Waals surface area (Å²) >= 11 is 0. The van der Waals surface area contributed by atoms with Gasteiger partial charge in [0.2, 0.25) is 0 Å². The normalized spacial score (nSPS) is 11.4. The Balaban J connectivity index is 1.50. The highest BCUT2D eigenvalue weighted by Crippen LogP contribution is 2.25. The summed E-state index contributed by atoms with van der Waals surface area (Å²) in [5.41, 5.74) is 1.99. The molecule has 0 aliphatic heterocycles. The first-order valence-electron chi connectivity index (χ1n) is 8.25. The molecular formula is C19H18F3N3O2. The van der Waals surface area contributed by atoms with E-state index < -0.39 is 12.0 Å². The van der Waals surface area contributed by atoms with E-state index in [9.17, 15) is 13.2 Å². The summed E-state index contributed by atoms with van der Waals surface area (Å²) in [6.07, 6.45) is -2.89. The van der Waals surface area contributed by atoms with Crippen molar-refractivity contribution >= 4 is 0 Å². The third kappa shape index (κ3) is 5.22. The largest absolute Gasteiger partial charge is 0.497 e. The first kappa shape index (κ1) is 18.8. The molecular weight excluding hydrogens is 359 g/mol. The molecule has 0 spiro atoms. The van der Waals surface area contributed by atoms with E-state index in [1.807, 2.05) is 48.5 Å². The average Bonchev–Trinajstić information content (AvgIpc) is 3.15. The quantitative estimate of drug-likeness (QED) is 0.621. The summed E-state index contributed by atoms with van der Waals surface area (Å²) in [5, 5.41) is 3.44. The first-order valence-corrected chi connectivity index (χ1v) is 8.25. The monoisotopic (exact) mass is 377 g/mol. The van der Waals surface area contributed by atoms with E-state index in [1.165, 1.54) is 4.68 Å². The molecule has 3 aromatic rings. The topological polar surface area (TPSA) is 49.2 Å². The molecule has 0 fully saturated rings. The van der Waals surface area contributed by atoms with Gasteiger partial charge in [0.15, 0.2) is 0 Å². The highest BCUT2D eigenvalue weighted by molar-refractivity contribution is 5.29. The van der Waals surface area contributed by atoms with Crippen LogP contribution in [0.15, 0.2) is 54.9 Å². The summed E-state index contributed by atoms with van der Waals surface area (Å²) < 4.78 is 49.5. The van der Waals surface area contributed by atoms with E-state index >= 15 is 0 Å². The zero-order chi connectivity index (χ0) is 19.3. The van der Waals surface area contributed by atoms with Crippen LogP contribution in [0.2, 0.25) is 0 Å². The standard InChI is InChI=1S/C19H18F3N3O2/c1-26-16-6-4-15(5-7-16)12-27-17-8-2-14(3-9-17)10-11-25-13-23-18(24-25)19(20,21)22/h2-9,13H,10-12H2,1H3. The van der Waals surface area contributed by atoms with Crippen LogP contribution < -0.4 is 9.47 Å². The number of hydrogen-bond acceptors (Lipinski definition) is 4. The molecule has 0 aliphatic carbocycles. The summed E-state index contributed by atoms with van der Waals surface area (Å²) in [5.74, 6) is 0.386. The maximum absolute atomic E-state index is 12.5. The lowest BCUT2D eigenvalue weighted by atomic mass is 10.1. The first-order chi connectivity index (χ1) is 12.9. The molecule has 0 N–H and O–H groups in total. The van der Waals surface area contributed by atoms with Crippen LogP contribution in [0.25, 0.3) is 0 Å². The average molecular weight is 377 g/mol. The second-order valence-electron chi connectivity index (χ2n) is 5.86. The molecule has 0 atom stereocenters. The van der Waals surface area contributed by atoms with Crippen LogP contribution in [0.4, 0.5) is 13.2 Å². The molecule has 0 saturated heterocycles. The Kier molecular flexibility index (Phi) is 5.63. The maximum atomic E-state index is 12.5. The number of halogens is 3. The van der Waals surface area contributed by atoms with Crippen molar-refractivity contribution in [1.82, 2.24) is 14.8 Å². The van der Waals surface area contributed by atoms with Gasteiger partial charge in [-0.3, -0.25) is 4.68 Å². The highest BCUT2D eigenvalue weighted by atomic mass is 19.4. The highest BCUT2D eigenvalue weighted by Gasteiger charge is 2.35. The van der Waals surface area contributed by atoms with E-state index in [-0.39, 0.29) is 0 Å². The molecule has 5 nitrogen and oxygen atoms in total. The van der Waals surface area contributed by atoms with E-state index in [4.69, 9.17) is 9.47 Å². The van der Waals surface area contributed by atoms with Crippen LogP contribution in [-0.4, -0.2) is 21.9 Å². The van der Waals surface area contributed by atoms with Gasteiger partial charge in [-0.05, 0) is 41.8 Å². The molecule has 27 heavy (non-hydrogen) atoms. The number of nitrogens with zero attached hydrogens (tertiary/aromatic N) is 3. The van der Waals surface area contributed by atoms with Crippen LogP contribution >= 0.6 is 0 Å². The van der Waals surface area contributed by atoms with Gasteiger partial charge in [-0.2, -0.15) is 13.2 Å². The second kappa shape index (κ2) is 8.11. The van der Waals surface area contributed by atoms with Crippen molar-refractivity contribution in [1.29, 1.82) is 0 Å². The minimum Gasteiger partial charge on any atom is -0.497 e. The molecule has 8 heteroatoms. The SMILES string of the molecule is COc1ccc(COc2ccc(CCn3cnc(C(F)(F)F)n3)cc2)cc1. The Labute approximate surface area is 154 Å². The Morgan fingerprint density at radius 2 is 1.56 bits per heavy atom. The summed E-state index contributed by atoms with van der Waals surface area (Å²) in [4.78, 5) is 3.28. The molecule has 142 valence electrons. The number of alkyl halides is 3. The van der Waals surface area contributed by atoms with Gasteiger partial charge in [0.25, 0.3) is 5.82 Å². The molecule has 0 radical (unpaired) electrons. The van der Waals surface area contributed by atoms with Gasteiger partial charge >= 0.3 is 6.18 Å². The molecule has 1 aromatic heterocycles. The number of aromatic nitrogens is 3. The molecule has 0 amide bonds. The fourth-order valence-corrected chi connectivity index (χ4v) is 2.42. The van der Waals surface area contributed by atoms with Crippen molar-refractivity contribution in [2.75, 3.05) is 7.11 Å². The molecule has 0 saturated carbocycles. The smallest absolute Gasteiger partial charge is 0.453 e. The Bertz CT molecular complexity index is 859. The van der Waals surface area contributed by atoms with Gasteiger partial charge in [-0.1, -0.05) is 24.3 Å². The minimum atomic E-state index is -4.52. The maximum Gasteiger partial charge on any atom is 0.453 e. The Morgan fingerprint density at radius 1 is 0.926 bits per heavy atom. The van der Waals surface area contributed by atoms with Gasteiger partial charge in [0, 0.05) is 6.54 Å². The van der Waals surface area contributed by atoms with Crippen molar-refractivity contribution in [2.45, 2.75) is 25.7 Å². The molecule has 3 rings (SSSR count). The molecule has 2 aromatic carbocycles. The van der Waals surface area contributed by atoms with Gasteiger partial charge in [0.05, 0.1) is 7.11 Å². The number of methoxy groups -OCH3 is 1. The number of ether oxygens (including phenoxy) is 2. The summed E-state index contributed by atoms with van der Waals surface area (Å²) in [7, 11) is 1.62. The zero-order valence-electron chi connectivity index (χ0n) is 14.6. The Hall–Kier alpha value is -3.03. The van der Waals surface area contributed by atoms with Crippen LogP contribution in [0.1, 0.15) is 17.0 Å². The van der Waals surface area contributed by atoms with E-state index in [0.717, 1.165) is 29.0 Å². The summed E-state index contributed by atoms with van der Waals surface area (Å²) in [6.45, 7) is 0.748. The van der Waals surface area contributed by atoms with Crippen LogP contribution in [0.3, 0.4) is 0 Å².